The highest BCUT2D eigenvalue weighted by Gasteiger charge is 2.25. The van der Waals surface area contributed by atoms with Crippen LogP contribution in [0.4, 0.5) is 0 Å². The second-order valence-electron chi connectivity index (χ2n) is 7.12. The molecule has 0 atom stereocenters. The summed E-state index contributed by atoms with van der Waals surface area (Å²) in [5.41, 5.74) is 1.24. The van der Waals surface area contributed by atoms with E-state index in [0.717, 1.165) is 12.8 Å². The number of piperidine rings is 1. The predicted molar refractivity (Wildman–Crippen MR) is 102 cm³/mol. The molecule has 0 spiro atoms. The Morgan fingerprint density at radius 1 is 1.19 bits per heavy atom. The number of nitrogens with one attached hydrogen (secondary N) is 1. The maximum absolute atomic E-state index is 12.2. The first-order chi connectivity index (χ1) is 13.0. The van der Waals surface area contributed by atoms with Gasteiger partial charge in [0.1, 0.15) is 5.75 Å². The molecule has 2 amide bonds. The summed E-state index contributed by atoms with van der Waals surface area (Å²) in [5, 5.41) is 2.99. The molecule has 1 aliphatic heterocycles. The number of nitrogens with zero attached hydrogens (tertiary/aromatic N) is 1. The molecule has 3 rings (SSSR count). The Kier molecular flexibility index (Phi) is 6.16. The summed E-state index contributed by atoms with van der Waals surface area (Å²) in [6.45, 7) is 5.46. The molecule has 1 fully saturated rings. The standard InChI is InChI=1S/C21H26N2O4/c1-15(2)16-5-7-18(8-6-16)27-14-20(24)22-17-9-11-23(12-10-17)21(25)19-4-3-13-26-19/h3-8,13,15,17H,9-12,14H2,1-2H3,(H,22,24). The van der Waals surface area contributed by atoms with Gasteiger partial charge in [0.25, 0.3) is 11.8 Å². The van der Waals surface area contributed by atoms with Crippen molar-refractivity contribution in [3.63, 3.8) is 0 Å². The third-order valence-corrected chi connectivity index (χ3v) is 4.80. The number of rotatable bonds is 6. The van der Waals surface area contributed by atoms with Gasteiger partial charge in [0.15, 0.2) is 12.4 Å². The van der Waals surface area contributed by atoms with Gasteiger partial charge >= 0.3 is 0 Å². The van der Waals surface area contributed by atoms with E-state index in [2.05, 4.69) is 19.2 Å². The van der Waals surface area contributed by atoms with Crippen LogP contribution >= 0.6 is 0 Å². The zero-order chi connectivity index (χ0) is 19.2. The fourth-order valence-electron chi connectivity index (χ4n) is 3.15. The molecule has 2 heterocycles. The van der Waals surface area contributed by atoms with Crippen LogP contribution in [0.1, 0.15) is 48.7 Å². The molecule has 1 saturated heterocycles. The lowest BCUT2D eigenvalue weighted by atomic mass is 10.0. The minimum Gasteiger partial charge on any atom is -0.484 e. The second-order valence-corrected chi connectivity index (χ2v) is 7.12. The smallest absolute Gasteiger partial charge is 0.289 e. The quantitative estimate of drug-likeness (QED) is 0.848. The van der Waals surface area contributed by atoms with Gasteiger partial charge in [-0.2, -0.15) is 0 Å². The molecule has 0 saturated carbocycles. The van der Waals surface area contributed by atoms with Crippen LogP contribution in [-0.4, -0.2) is 42.5 Å². The minimum absolute atomic E-state index is 0.00738. The Hall–Kier alpha value is -2.76. The molecule has 0 aliphatic carbocycles. The number of carbonyl (C=O) groups excluding carboxylic acids is 2. The molecular formula is C21H26N2O4. The predicted octanol–water partition coefficient (Wildman–Crippen LogP) is 3.20. The first-order valence-electron chi connectivity index (χ1n) is 9.38. The van der Waals surface area contributed by atoms with E-state index in [1.165, 1.54) is 11.8 Å². The van der Waals surface area contributed by atoms with E-state index in [9.17, 15) is 9.59 Å². The highest BCUT2D eigenvalue weighted by Crippen LogP contribution is 2.18. The Morgan fingerprint density at radius 3 is 2.48 bits per heavy atom. The lowest BCUT2D eigenvalue weighted by Gasteiger charge is -2.31. The molecule has 27 heavy (non-hydrogen) atoms. The third-order valence-electron chi connectivity index (χ3n) is 4.80. The number of hydrogen-bond donors (Lipinski definition) is 1. The number of amides is 2. The minimum atomic E-state index is -0.140. The molecule has 0 radical (unpaired) electrons. The summed E-state index contributed by atoms with van der Waals surface area (Å²) < 4.78 is 10.7. The zero-order valence-corrected chi connectivity index (χ0v) is 15.8. The molecular weight excluding hydrogens is 344 g/mol. The van der Waals surface area contributed by atoms with Crippen molar-refractivity contribution in [2.75, 3.05) is 19.7 Å². The molecule has 1 N–H and O–H groups in total. The van der Waals surface area contributed by atoms with Gasteiger partial charge in [0.05, 0.1) is 6.26 Å². The van der Waals surface area contributed by atoms with E-state index in [1.54, 1.807) is 17.0 Å². The van der Waals surface area contributed by atoms with Crippen LogP contribution in [0, 0.1) is 0 Å². The number of carbonyl (C=O) groups is 2. The number of furan rings is 1. The van der Waals surface area contributed by atoms with Gasteiger partial charge in [0, 0.05) is 19.1 Å². The second kappa shape index (κ2) is 8.75. The summed E-state index contributed by atoms with van der Waals surface area (Å²) in [4.78, 5) is 26.1. The van der Waals surface area contributed by atoms with Crippen LogP contribution in [-0.2, 0) is 4.79 Å². The average Bonchev–Trinajstić information content (AvgIpc) is 3.21. The Labute approximate surface area is 159 Å². The molecule has 6 nitrogen and oxygen atoms in total. The summed E-state index contributed by atoms with van der Waals surface area (Å²) in [7, 11) is 0. The van der Waals surface area contributed by atoms with E-state index in [-0.39, 0.29) is 24.5 Å². The van der Waals surface area contributed by atoms with Crippen molar-refractivity contribution in [1.29, 1.82) is 0 Å². The number of benzene rings is 1. The van der Waals surface area contributed by atoms with Crippen molar-refractivity contribution in [2.45, 2.75) is 38.6 Å². The van der Waals surface area contributed by atoms with Crippen molar-refractivity contribution >= 4 is 11.8 Å². The van der Waals surface area contributed by atoms with Crippen molar-refractivity contribution in [2.24, 2.45) is 0 Å². The van der Waals surface area contributed by atoms with Crippen LogP contribution in [0.25, 0.3) is 0 Å². The van der Waals surface area contributed by atoms with Gasteiger partial charge in [-0.05, 0) is 48.6 Å². The number of hydrogen-bond acceptors (Lipinski definition) is 4. The Bertz CT molecular complexity index is 745. The van der Waals surface area contributed by atoms with Crippen molar-refractivity contribution in [3.8, 4) is 5.75 Å². The number of likely N-dealkylation sites (tertiary alicyclic amines) is 1. The summed E-state index contributed by atoms with van der Waals surface area (Å²) >= 11 is 0. The topological polar surface area (TPSA) is 71.8 Å². The molecule has 1 aromatic heterocycles. The molecule has 1 aromatic carbocycles. The first-order valence-corrected chi connectivity index (χ1v) is 9.38. The van der Waals surface area contributed by atoms with Crippen molar-refractivity contribution in [1.82, 2.24) is 10.2 Å². The zero-order valence-electron chi connectivity index (χ0n) is 15.8. The third kappa shape index (κ3) is 5.12. The lowest BCUT2D eigenvalue weighted by Crippen LogP contribution is -2.47. The Morgan fingerprint density at radius 2 is 1.89 bits per heavy atom. The highest BCUT2D eigenvalue weighted by atomic mass is 16.5. The largest absolute Gasteiger partial charge is 0.484 e. The normalized spacial score (nSPS) is 15.0. The number of ether oxygens (including phenoxy) is 1. The van der Waals surface area contributed by atoms with Crippen LogP contribution in [0.2, 0.25) is 0 Å². The van der Waals surface area contributed by atoms with Gasteiger partial charge in [-0.1, -0.05) is 26.0 Å². The van der Waals surface area contributed by atoms with E-state index in [1.807, 2.05) is 24.3 Å². The van der Waals surface area contributed by atoms with Gasteiger partial charge in [-0.15, -0.1) is 0 Å². The fourth-order valence-corrected chi connectivity index (χ4v) is 3.15. The van der Waals surface area contributed by atoms with Gasteiger partial charge in [-0.25, -0.2) is 0 Å². The average molecular weight is 370 g/mol. The van der Waals surface area contributed by atoms with E-state index in [0.29, 0.717) is 30.5 Å². The molecule has 1 aliphatic rings. The maximum Gasteiger partial charge on any atom is 0.289 e. The van der Waals surface area contributed by atoms with Crippen LogP contribution < -0.4 is 10.1 Å². The van der Waals surface area contributed by atoms with Gasteiger partial charge in [0.2, 0.25) is 0 Å². The van der Waals surface area contributed by atoms with E-state index < -0.39 is 0 Å². The molecule has 0 unspecified atom stereocenters. The lowest BCUT2D eigenvalue weighted by molar-refractivity contribution is -0.124. The van der Waals surface area contributed by atoms with Crippen LogP contribution in [0.3, 0.4) is 0 Å². The van der Waals surface area contributed by atoms with Crippen molar-refractivity contribution < 1.29 is 18.7 Å². The maximum atomic E-state index is 12.2. The van der Waals surface area contributed by atoms with Gasteiger partial charge < -0.3 is 19.4 Å². The fraction of sp³-hybridized carbons (Fsp3) is 0.429. The SMILES string of the molecule is CC(C)c1ccc(OCC(=O)NC2CCN(C(=O)c3ccco3)CC2)cc1. The Balaban J connectivity index is 1.39. The van der Waals surface area contributed by atoms with Gasteiger partial charge in [-0.3, -0.25) is 9.59 Å². The first kappa shape index (κ1) is 19.0. The molecule has 2 aromatic rings. The summed E-state index contributed by atoms with van der Waals surface area (Å²) in [5.74, 6) is 1.27. The van der Waals surface area contributed by atoms with E-state index >= 15 is 0 Å². The molecule has 0 bridgehead atoms. The molecule has 144 valence electrons. The van der Waals surface area contributed by atoms with Crippen LogP contribution in [0.5, 0.6) is 5.75 Å². The summed E-state index contributed by atoms with van der Waals surface area (Å²) in [6.07, 6.45) is 2.94. The van der Waals surface area contributed by atoms with Crippen molar-refractivity contribution in [3.05, 3.63) is 54.0 Å². The monoisotopic (exact) mass is 370 g/mol. The highest BCUT2D eigenvalue weighted by molar-refractivity contribution is 5.91. The van der Waals surface area contributed by atoms with E-state index in [4.69, 9.17) is 9.15 Å². The molecule has 6 heteroatoms. The summed E-state index contributed by atoms with van der Waals surface area (Å²) in [6, 6.07) is 11.2. The van der Waals surface area contributed by atoms with Crippen LogP contribution in [0.15, 0.2) is 47.1 Å².